The van der Waals surface area contributed by atoms with Crippen LogP contribution in [-0.2, 0) is 11.3 Å². The Balaban J connectivity index is 1.50. The number of aromatic amines is 1. The van der Waals surface area contributed by atoms with Gasteiger partial charge in [-0.1, -0.05) is 23.8 Å². The molecular weight excluding hydrogens is 328 g/mol. The average molecular weight is 350 g/mol. The third-order valence-electron chi connectivity index (χ3n) is 4.90. The van der Waals surface area contributed by atoms with Gasteiger partial charge in [0.05, 0.1) is 5.52 Å². The maximum absolute atomic E-state index is 12.5. The predicted octanol–water partition coefficient (Wildman–Crippen LogP) is 3.55. The number of para-hydroxylation sites is 2. The number of nitrogens with one attached hydrogen (secondary N) is 2. The molecule has 0 bridgehead atoms. The second-order valence-electron chi connectivity index (χ2n) is 6.80. The van der Waals surface area contributed by atoms with E-state index in [0.717, 1.165) is 16.8 Å². The molecule has 1 aliphatic heterocycles. The SMILES string of the molecule is Cc1cc(CNC(=O)[C@H]2COc3ccccc3O2)c2[nH]c(C)c(C)c2c1. The summed E-state index contributed by atoms with van der Waals surface area (Å²) in [5.41, 5.74) is 5.73. The fourth-order valence-corrected chi connectivity index (χ4v) is 3.37. The molecule has 5 nitrogen and oxygen atoms in total. The zero-order chi connectivity index (χ0) is 18.3. The molecule has 1 aliphatic rings. The number of carbonyl (C=O) groups excluding carboxylic acids is 1. The Morgan fingerprint density at radius 2 is 1.96 bits per heavy atom. The third kappa shape index (κ3) is 2.90. The smallest absolute Gasteiger partial charge is 0.264 e. The number of aromatic nitrogens is 1. The van der Waals surface area contributed by atoms with Crippen LogP contribution in [0.2, 0.25) is 0 Å². The van der Waals surface area contributed by atoms with E-state index < -0.39 is 6.10 Å². The monoisotopic (exact) mass is 350 g/mol. The first kappa shape index (κ1) is 16.5. The third-order valence-corrected chi connectivity index (χ3v) is 4.90. The van der Waals surface area contributed by atoms with Crippen LogP contribution in [0.25, 0.3) is 10.9 Å². The summed E-state index contributed by atoms with van der Waals surface area (Å²) in [7, 11) is 0. The van der Waals surface area contributed by atoms with Gasteiger partial charge in [-0.25, -0.2) is 0 Å². The van der Waals surface area contributed by atoms with Crippen molar-refractivity contribution in [2.75, 3.05) is 6.61 Å². The molecule has 2 aromatic carbocycles. The van der Waals surface area contributed by atoms with Gasteiger partial charge in [-0.3, -0.25) is 4.79 Å². The fourth-order valence-electron chi connectivity index (χ4n) is 3.37. The summed E-state index contributed by atoms with van der Waals surface area (Å²) in [5.74, 6) is 1.11. The number of amides is 1. The van der Waals surface area contributed by atoms with E-state index in [1.807, 2.05) is 24.3 Å². The minimum atomic E-state index is -0.641. The molecule has 0 radical (unpaired) electrons. The van der Waals surface area contributed by atoms with Crippen molar-refractivity contribution in [2.45, 2.75) is 33.4 Å². The van der Waals surface area contributed by atoms with Crippen LogP contribution in [0, 0.1) is 20.8 Å². The van der Waals surface area contributed by atoms with Crippen molar-refractivity contribution in [1.29, 1.82) is 0 Å². The summed E-state index contributed by atoms with van der Waals surface area (Å²) in [6.45, 7) is 6.91. The number of rotatable bonds is 3. The van der Waals surface area contributed by atoms with Gasteiger partial charge in [0.15, 0.2) is 11.5 Å². The summed E-state index contributed by atoms with van der Waals surface area (Å²) in [5, 5.41) is 4.19. The molecule has 1 amide bonds. The van der Waals surface area contributed by atoms with Gasteiger partial charge in [-0.2, -0.15) is 0 Å². The second kappa shape index (κ2) is 6.41. The van der Waals surface area contributed by atoms with Crippen LogP contribution in [0.5, 0.6) is 11.5 Å². The van der Waals surface area contributed by atoms with Crippen molar-refractivity contribution < 1.29 is 14.3 Å². The lowest BCUT2D eigenvalue weighted by atomic mass is 10.0. The highest BCUT2D eigenvalue weighted by atomic mass is 16.6. The van der Waals surface area contributed by atoms with E-state index in [0.29, 0.717) is 18.0 Å². The van der Waals surface area contributed by atoms with Gasteiger partial charge in [0.1, 0.15) is 6.61 Å². The molecular formula is C21H22N2O3. The molecule has 5 heteroatoms. The van der Waals surface area contributed by atoms with Gasteiger partial charge >= 0.3 is 0 Å². The molecule has 134 valence electrons. The highest BCUT2D eigenvalue weighted by molar-refractivity contribution is 5.88. The van der Waals surface area contributed by atoms with E-state index in [1.165, 1.54) is 16.5 Å². The number of hydrogen-bond donors (Lipinski definition) is 2. The lowest BCUT2D eigenvalue weighted by molar-refractivity contribution is -0.130. The Morgan fingerprint density at radius 1 is 1.19 bits per heavy atom. The van der Waals surface area contributed by atoms with Crippen LogP contribution in [0.15, 0.2) is 36.4 Å². The van der Waals surface area contributed by atoms with Gasteiger partial charge in [0.2, 0.25) is 6.10 Å². The molecule has 0 saturated heterocycles. The van der Waals surface area contributed by atoms with E-state index in [2.05, 4.69) is 43.2 Å². The van der Waals surface area contributed by atoms with Crippen molar-refractivity contribution >= 4 is 16.8 Å². The Kier molecular flexibility index (Phi) is 4.07. The first-order valence-electron chi connectivity index (χ1n) is 8.77. The maximum atomic E-state index is 12.5. The molecule has 1 atom stereocenters. The van der Waals surface area contributed by atoms with Crippen molar-refractivity contribution in [3.05, 3.63) is 58.8 Å². The largest absolute Gasteiger partial charge is 0.485 e. The summed E-state index contributed by atoms with van der Waals surface area (Å²) < 4.78 is 11.4. The average Bonchev–Trinajstić information content (AvgIpc) is 2.93. The van der Waals surface area contributed by atoms with Crippen molar-refractivity contribution in [3.8, 4) is 11.5 Å². The standard InChI is InChI=1S/C21H22N2O3/c1-12-8-15(20-16(9-12)13(2)14(3)23-20)10-22-21(24)19-11-25-17-6-4-5-7-18(17)26-19/h4-9,19,23H,10-11H2,1-3H3,(H,22,24)/t19-/m1/s1. The van der Waals surface area contributed by atoms with Gasteiger partial charge in [-0.05, 0) is 50.1 Å². The van der Waals surface area contributed by atoms with Crippen LogP contribution in [0.3, 0.4) is 0 Å². The number of ether oxygens (including phenoxy) is 2. The number of aryl methyl sites for hydroxylation is 3. The van der Waals surface area contributed by atoms with Crippen molar-refractivity contribution in [3.63, 3.8) is 0 Å². The molecule has 0 fully saturated rings. The van der Waals surface area contributed by atoms with Crippen LogP contribution < -0.4 is 14.8 Å². The first-order valence-corrected chi connectivity index (χ1v) is 8.77. The molecule has 0 aliphatic carbocycles. The fraction of sp³-hybridized carbons (Fsp3) is 0.286. The van der Waals surface area contributed by atoms with Crippen molar-refractivity contribution in [1.82, 2.24) is 10.3 Å². The summed E-state index contributed by atoms with van der Waals surface area (Å²) in [4.78, 5) is 16.0. The summed E-state index contributed by atoms with van der Waals surface area (Å²) in [6, 6.07) is 11.7. The van der Waals surface area contributed by atoms with Crippen LogP contribution >= 0.6 is 0 Å². The topological polar surface area (TPSA) is 63.4 Å². The molecule has 0 unspecified atom stereocenters. The van der Waals surface area contributed by atoms with Gasteiger partial charge < -0.3 is 19.8 Å². The zero-order valence-electron chi connectivity index (χ0n) is 15.2. The van der Waals surface area contributed by atoms with E-state index in [1.54, 1.807) is 0 Å². The zero-order valence-corrected chi connectivity index (χ0v) is 15.2. The number of carbonyl (C=O) groups is 1. The van der Waals surface area contributed by atoms with Crippen LogP contribution in [-0.4, -0.2) is 23.6 Å². The Labute approximate surface area is 152 Å². The van der Waals surface area contributed by atoms with E-state index in [9.17, 15) is 4.79 Å². The molecule has 1 aromatic heterocycles. The first-order chi connectivity index (χ1) is 12.5. The van der Waals surface area contributed by atoms with Gasteiger partial charge in [0.25, 0.3) is 5.91 Å². The quantitative estimate of drug-likeness (QED) is 0.759. The Hall–Kier alpha value is -2.95. The highest BCUT2D eigenvalue weighted by Crippen LogP contribution is 2.31. The lowest BCUT2D eigenvalue weighted by Gasteiger charge is -2.25. The van der Waals surface area contributed by atoms with Crippen LogP contribution in [0.1, 0.15) is 22.4 Å². The second-order valence-corrected chi connectivity index (χ2v) is 6.80. The summed E-state index contributed by atoms with van der Waals surface area (Å²) in [6.07, 6.45) is -0.641. The minimum absolute atomic E-state index is 0.172. The lowest BCUT2D eigenvalue weighted by Crippen LogP contribution is -2.43. The van der Waals surface area contributed by atoms with Crippen molar-refractivity contribution in [2.24, 2.45) is 0 Å². The molecule has 2 N–H and O–H groups in total. The van der Waals surface area contributed by atoms with Gasteiger partial charge in [0, 0.05) is 17.6 Å². The molecule has 26 heavy (non-hydrogen) atoms. The number of benzene rings is 2. The number of hydrogen-bond acceptors (Lipinski definition) is 3. The molecule has 0 spiro atoms. The number of fused-ring (bicyclic) bond motifs is 2. The van der Waals surface area contributed by atoms with E-state index in [4.69, 9.17) is 9.47 Å². The predicted molar refractivity (Wildman–Crippen MR) is 101 cm³/mol. The maximum Gasteiger partial charge on any atom is 0.264 e. The highest BCUT2D eigenvalue weighted by Gasteiger charge is 2.27. The van der Waals surface area contributed by atoms with Gasteiger partial charge in [-0.15, -0.1) is 0 Å². The Morgan fingerprint density at radius 3 is 2.77 bits per heavy atom. The van der Waals surface area contributed by atoms with E-state index >= 15 is 0 Å². The Bertz CT molecular complexity index is 990. The minimum Gasteiger partial charge on any atom is -0.485 e. The normalized spacial score (nSPS) is 15.9. The summed E-state index contributed by atoms with van der Waals surface area (Å²) >= 11 is 0. The molecule has 3 aromatic rings. The molecule has 2 heterocycles. The van der Waals surface area contributed by atoms with Crippen LogP contribution in [0.4, 0.5) is 0 Å². The number of H-pyrrole nitrogens is 1. The molecule has 4 rings (SSSR count). The van der Waals surface area contributed by atoms with E-state index in [-0.39, 0.29) is 12.5 Å². The molecule has 0 saturated carbocycles.